The molecule has 65 heavy (non-hydrogen) atoms. The Labute approximate surface area is 382 Å². The van der Waals surface area contributed by atoms with Gasteiger partial charge in [0.15, 0.2) is 25.0 Å². The number of carboxylic acids is 1. The van der Waals surface area contributed by atoms with Crippen LogP contribution in [-0.2, 0) is 33.2 Å². The van der Waals surface area contributed by atoms with Crippen LogP contribution >= 0.6 is 0 Å². The van der Waals surface area contributed by atoms with Crippen molar-refractivity contribution in [3.05, 3.63) is 11.6 Å². The standard InChI is InChI=1S/C48H78O17/c1-21-29(51)31(53)35(57)40(60-21)64-37-32(54)30(52)24(20-49)61-41(37)65-38-34(56)33(55)36(39(58)59)63-42(38)62-28-13-14-46(7)25(44(28,4)5)12-15-48(9)26(46)11-10-22-23-18-43(2,3)19-27(50)45(23,6)16-17-47(22,48)8/h10,21,23-38,40-42,49-57H,11-20H2,1-9H3,(H,58,59)/t21-,23-,24+,25-,26+,27+,28-,29-,30-,31+,32-,33-,34-,35+,36-,37+,38+,40-,41-,42+,45+,46-,47+,48+/m0/s1. The molecule has 17 heteroatoms. The average molecular weight is 927 g/mol. The van der Waals surface area contributed by atoms with E-state index < -0.39 is 116 Å². The first-order valence-electron chi connectivity index (χ1n) is 24.1. The van der Waals surface area contributed by atoms with Gasteiger partial charge in [-0.1, -0.05) is 67.0 Å². The van der Waals surface area contributed by atoms with Crippen molar-refractivity contribution < 1.29 is 84.3 Å². The van der Waals surface area contributed by atoms with Crippen LogP contribution in [0.1, 0.15) is 120 Å². The Morgan fingerprint density at radius 2 is 1.29 bits per heavy atom. The van der Waals surface area contributed by atoms with Crippen LogP contribution in [0.25, 0.3) is 0 Å². The maximum absolute atomic E-state index is 12.5. The largest absolute Gasteiger partial charge is 0.479 e. The highest BCUT2D eigenvalue weighted by atomic mass is 16.8. The van der Waals surface area contributed by atoms with Crippen molar-refractivity contribution >= 4 is 5.97 Å². The minimum absolute atomic E-state index is 0.00181. The summed E-state index contributed by atoms with van der Waals surface area (Å²) >= 11 is 0. The van der Waals surface area contributed by atoms with Gasteiger partial charge in [0.25, 0.3) is 0 Å². The summed E-state index contributed by atoms with van der Waals surface area (Å²) in [4.78, 5) is 12.5. The lowest BCUT2D eigenvalue weighted by molar-refractivity contribution is -0.395. The zero-order chi connectivity index (χ0) is 47.7. The summed E-state index contributed by atoms with van der Waals surface area (Å²) in [6.07, 6.45) is -15.9. The first-order chi connectivity index (χ1) is 30.2. The Kier molecular flexibility index (Phi) is 13.2. The highest BCUT2D eigenvalue weighted by molar-refractivity contribution is 5.73. The van der Waals surface area contributed by atoms with Gasteiger partial charge in [-0.05, 0) is 110 Å². The first-order valence-corrected chi connectivity index (χ1v) is 24.1. The topological polar surface area (TPSA) is 275 Å². The molecular formula is C48H78O17. The van der Waals surface area contributed by atoms with Crippen molar-refractivity contribution in [2.45, 2.75) is 224 Å². The molecule has 3 heterocycles. The second kappa shape index (κ2) is 17.2. The SMILES string of the molecule is C[C@@H]1O[C@@H](O[C@H]2[C@H](O[C@H]3[C@H](O[C@H]4CC[C@]5(C)[C@H]6CC=C7[C@@H]8CC(C)(C)C[C@@H](O)[C@]8(C)CC[C@@]7(C)[C@]6(C)CC[C@H]5C4(C)C)O[C@H](C(=O)O)[C@@H](O)[C@@H]3O)O[C@H](CO)[C@H](O)[C@@H]2O)[C@H](O)[C@H](O)[C@H]1O. The number of ether oxygens (including phenoxy) is 6. The molecule has 8 rings (SSSR count). The van der Waals surface area contributed by atoms with E-state index in [1.54, 1.807) is 5.57 Å². The van der Waals surface area contributed by atoms with Crippen LogP contribution in [0.5, 0.6) is 0 Å². The number of aliphatic carboxylic acids is 1. The van der Waals surface area contributed by atoms with Crippen LogP contribution in [0.4, 0.5) is 0 Å². The quantitative estimate of drug-likeness (QED) is 0.123. The number of fused-ring (bicyclic) bond motifs is 7. The predicted molar refractivity (Wildman–Crippen MR) is 229 cm³/mol. The van der Waals surface area contributed by atoms with E-state index >= 15 is 0 Å². The fourth-order valence-electron chi connectivity index (χ4n) is 15.1. The van der Waals surface area contributed by atoms with E-state index in [0.29, 0.717) is 18.3 Å². The smallest absolute Gasteiger partial charge is 0.335 e. The van der Waals surface area contributed by atoms with E-state index in [-0.39, 0.29) is 39.1 Å². The number of allylic oxidation sites excluding steroid dienone is 2. The van der Waals surface area contributed by atoms with E-state index in [4.69, 9.17) is 28.4 Å². The van der Waals surface area contributed by atoms with Gasteiger partial charge in [-0.25, -0.2) is 4.79 Å². The Morgan fingerprint density at radius 3 is 1.94 bits per heavy atom. The van der Waals surface area contributed by atoms with E-state index in [1.165, 1.54) is 6.92 Å². The van der Waals surface area contributed by atoms with Gasteiger partial charge >= 0.3 is 5.97 Å². The number of carbonyl (C=O) groups is 1. The summed E-state index contributed by atoms with van der Waals surface area (Å²) < 4.78 is 36.4. The molecule has 0 aromatic heterocycles. The first kappa shape index (κ1) is 50.0. The molecule has 372 valence electrons. The summed E-state index contributed by atoms with van der Waals surface area (Å²) in [6, 6.07) is 0. The van der Waals surface area contributed by atoms with Crippen LogP contribution in [0.15, 0.2) is 11.6 Å². The van der Waals surface area contributed by atoms with Gasteiger partial charge in [-0.2, -0.15) is 0 Å². The van der Waals surface area contributed by atoms with Gasteiger partial charge < -0.3 is 79.5 Å². The summed E-state index contributed by atoms with van der Waals surface area (Å²) in [6.45, 7) is 19.3. The van der Waals surface area contributed by atoms with Crippen LogP contribution < -0.4 is 0 Å². The molecule has 24 atom stereocenters. The molecular weight excluding hydrogens is 849 g/mol. The fraction of sp³-hybridized carbons (Fsp3) is 0.938. The molecule has 0 spiro atoms. The molecule has 4 saturated carbocycles. The molecule has 17 nitrogen and oxygen atoms in total. The molecule has 0 aromatic rings. The number of rotatable bonds is 8. The van der Waals surface area contributed by atoms with Gasteiger partial charge in [-0.3, -0.25) is 0 Å². The molecule has 7 fully saturated rings. The van der Waals surface area contributed by atoms with Gasteiger partial charge in [-0.15, -0.1) is 0 Å². The molecule has 0 bridgehead atoms. The molecule has 0 unspecified atom stereocenters. The average Bonchev–Trinajstić information content (AvgIpc) is 3.22. The number of hydrogen-bond donors (Lipinski definition) is 10. The molecule has 0 aromatic carbocycles. The third-order valence-corrected chi connectivity index (χ3v) is 19.4. The van der Waals surface area contributed by atoms with Crippen molar-refractivity contribution in [2.75, 3.05) is 6.61 Å². The van der Waals surface area contributed by atoms with Crippen molar-refractivity contribution in [2.24, 2.45) is 50.2 Å². The van der Waals surface area contributed by atoms with Gasteiger partial charge in [0.05, 0.1) is 24.9 Å². The zero-order valence-electron chi connectivity index (χ0n) is 39.5. The lowest BCUT2D eigenvalue weighted by Gasteiger charge is -2.71. The third kappa shape index (κ3) is 7.81. The Balaban J connectivity index is 1.06. The summed E-state index contributed by atoms with van der Waals surface area (Å²) in [5.41, 5.74) is 0.763. The Bertz CT molecular complexity index is 1790. The second-order valence-electron chi connectivity index (χ2n) is 23.8. The number of hydrogen-bond acceptors (Lipinski definition) is 16. The lowest BCUT2D eigenvalue weighted by Crippen LogP contribution is -2.68. The highest BCUT2D eigenvalue weighted by Crippen LogP contribution is 2.76. The van der Waals surface area contributed by atoms with Gasteiger partial charge in [0.1, 0.15) is 61.0 Å². The molecule has 8 aliphatic rings. The lowest BCUT2D eigenvalue weighted by atomic mass is 9.33. The predicted octanol–water partition coefficient (Wildman–Crippen LogP) is 1.73. The zero-order valence-corrected chi connectivity index (χ0v) is 39.5. The third-order valence-electron chi connectivity index (χ3n) is 19.4. The Hall–Kier alpha value is -1.39. The van der Waals surface area contributed by atoms with E-state index in [2.05, 4.69) is 61.5 Å². The second-order valence-corrected chi connectivity index (χ2v) is 23.8. The summed E-state index contributed by atoms with van der Waals surface area (Å²) in [7, 11) is 0. The van der Waals surface area contributed by atoms with Gasteiger partial charge in [0.2, 0.25) is 0 Å². The minimum atomic E-state index is -2.02. The molecule has 10 N–H and O–H groups in total. The van der Waals surface area contributed by atoms with E-state index in [1.807, 2.05) is 0 Å². The summed E-state index contributed by atoms with van der Waals surface area (Å²) in [5.74, 6) is -0.724. The maximum atomic E-state index is 12.5. The monoisotopic (exact) mass is 927 g/mol. The van der Waals surface area contributed by atoms with Crippen molar-refractivity contribution in [1.29, 1.82) is 0 Å². The highest BCUT2D eigenvalue weighted by Gasteiger charge is 2.69. The van der Waals surface area contributed by atoms with Crippen molar-refractivity contribution in [3.8, 4) is 0 Å². The molecule has 3 aliphatic heterocycles. The van der Waals surface area contributed by atoms with Crippen LogP contribution in [-0.4, -0.2) is 168 Å². The van der Waals surface area contributed by atoms with Crippen LogP contribution in [0, 0.1) is 50.2 Å². The normalized spacial score (nSPS) is 55.1. The number of aliphatic hydroxyl groups excluding tert-OH is 9. The minimum Gasteiger partial charge on any atom is -0.479 e. The number of aliphatic hydroxyl groups is 9. The molecule has 5 aliphatic carbocycles. The van der Waals surface area contributed by atoms with Crippen LogP contribution in [0.2, 0.25) is 0 Å². The maximum Gasteiger partial charge on any atom is 0.335 e. The van der Waals surface area contributed by atoms with Crippen molar-refractivity contribution in [3.63, 3.8) is 0 Å². The van der Waals surface area contributed by atoms with E-state index in [9.17, 15) is 55.9 Å². The van der Waals surface area contributed by atoms with Crippen molar-refractivity contribution in [1.82, 2.24) is 0 Å². The van der Waals surface area contributed by atoms with Gasteiger partial charge in [0, 0.05) is 5.41 Å². The molecule has 3 saturated heterocycles. The van der Waals surface area contributed by atoms with Crippen LogP contribution in [0.3, 0.4) is 0 Å². The number of carboxylic acid groups (broad SMARTS) is 1. The molecule has 0 amide bonds. The Morgan fingerprint density at radius 1 is 0.662 bits per heavy atom. The fourth-order valence-corrected chi connectivity index (χ4v) is 15.1. The molecule has 0 radical (unpaired) electrons. The summed E-state index contributed by atoms with van der Waals surface area (Å²) in [5, 5.41) is 108. The van der Waals surface area contributed by atoms with E-state index in [0.717, 1.165) is 51.4 Å².